The number of piperidine rings is 1. The number of rotatable bonds is 2. The van der Waals surface area contributed by atoms with Crippen LogP contribution in [0.5, 0.6) is 0 Å². The Morgan fingerprint density at radius 1 is 1.14 bits per heavy atom. The molecule has 0 aliphatic carbocycles. The van der Waals surface area contributed by atoms with E-state index >= 15 is 0 Å². The third-order valence-electron chi connectivity index (χ3n) is 3.76. The van der Waals surface area contributed by atoms with Crippen molar-refractivity contribution >= 4 is 0 Å². The van der Waals surface area contributed by atoms with E-state index in [9.17, 15) is 13.2 Å². The third kappa shape index (κ3) is 2.95. The molecule has 2 heterocycles. The van der Waals surface area contributed by atoms with Crippen LogP contribution in [0.4, 0.5) is 13.2 Å². The Kier molecular flexibility index (Phi) is 3.71. The second-order valence-corrected chi connectivity index (χ2v) is 5.23. The van der Waals surface area contributed by atoms with E-state index in [0.717, 1.165) is 31.9 Å². The highest BCUT2D eigenvalue weighted by Crippen LogP contribution is 2.36. The minimum absolute atomic E-state index is 0.102. The molecule has 3 nitrogen and oxygen atoms in total. The molecule has 1 aliphatic rings. The van der Waals surface area contributed by atoms with Crippen LogP contribution in [0.25, 0.3) is 11.3 Å². The molecule has 1 fully saturated rings. The normalized spacial score (nSPS) is 19.7. The molecule has 3 rings (SSSR count). The Morgan fingerprint density at radius 3 is 2.67 bits per heavy atom. The van der Waals surface area contributed by atoms with Crippen LogP contribution in [0.2, 0.25) is 0 Å². The smallest absolute Gasteiger partial charge is 0.341 e. The zero-order valence-electron chi connectivity index (χ0n) is 11.4. The first-order valence-corrected chi connectivity index (χ1v) is 7.00. The number of alkyl halides is 3. The highest BCUT2D eigenvalue weighted by molar-refractivity contribution is 5.64. The van der Waals surface area contributed by atoms with Crippen LogP contribution in [0, 0.1) is 0 Å². The van der Waals surface area contributed by atoms with Gasteiger partial charge in [0.15, 0.2) is 0 Å². The average Bonchev–Trinajstić information content (AvgIpc) is 2.97. The molecular weight excluding hydrogens is 279 g/mol. The lowest BCUT2D eigenvalue weighted by Crippen LogP contribution is -2.27. The molecule has 2 N–H and O–H groups in total. The molecule has 0 bridgehead atoms. The second-order valence-electron chi connectivity index (χ2n) is 5.23. The van der Waals surface area contributed by atoms with Gasteiger partial charge in [0.25, 0.3) is 0 Å². The van der Waals surface area contributed by atoms with Crippen LogP contribution in [0.3, 0.4) is 0 Å². The zero-order chi connectivity index (χ0) is 14.9. The van der Waals surface area contributed by atoms with Crippen LogP contribution >= 0.6 is 0 Å². The van der Waals surface area contributed by atoms with E-state index in [2.05, 4.69) is 15.3 Å². The Hall–Kier alpha value is -1.82. The third-order valence-corrected chi connectivity index (χ3v) is 3.76. The molecular formula is C15H16F3N3. The van der Waals surface area contributed by atoms with Gasteiger partial charge >= 0.3 is 6.18 Å². The van der Waals surface area contributed by atoms with Crippen LogP contribution in [-0.4, -0.2) is 16.5 Å². The fraction of sp³-hybridized carbons (Fsp3) is 0.400. The fourth-order valence-electron chi connectivity index (χ4n) is 2.70. The molecule has 112 valence electrons. The van der Waals surface area contributed by atoms with Gasteiger partial charge in [-0.3, -0.25) is 0 Å². The quantitative estimate of drug-likeness (QED) is 0.882. The molecule has 0 spiro atoms. The van der Waals surface area contributed by atoms with Crippen molar-refractivity contribution in [2.24, 2.45) is 0 Å². The first-order chi connectivity index (χ1) is 10.1. The van der Waals surface area contributed by atoms with Crippen molar-refractivity contribution in [1.82, 2.24) is 15.3 Å². The van der Waals surface area contributed by atoms with E-state index < -0.39 is 11.7 Å². The van der Waals surface area contributed by atoms with Crippen LogP contribution in [0.15, 0.2) is 30.5 Å². The molecule has 1 aliphatic heterocycles. The van der Waals surface area contributed by atoms with E-state index in [1.165, 1.54) is 18.3 Å². The number of H-pyrrole nitrogens is 1. The van der Waals surface area contributed by atoms with Crippen LogP contribution < -0.4 is 5.32 Å². The topological polar surface area (TPSA) is 40.7 Å². The fourth-order valence-corrected chi connectivity index (χ4v) is 2.70. The van der Waals surface area contributed by atoms with Crippen molar-refractivity contribution in [3.05, 3.63) is 41.9 Å². The summed E-state index contributed by atoms with van der Waals surface area (Å²) < 4.78 is 39.1. The molecule has 21 heavy (non-hydrogen) atoms. The van der Waals surface area contributed by atoms with E-state index in [1.807, 2.05) is 0 Å². The Balaban J connectivity index is 1.93. The largest absolute Gasteiger partial charge is 0.417 e. The highest BCUT2D eigenvalue weighted by Gasteiger charge is 2.33. The van der Waals surface area contributed by atoms with E-state index in [1.54, 1.807) is 6.07 Å². The van der Waals surface area contributed by atoms with Crippen molar-refractivity contribution in [1.29, 1.82) is 0 Å². The molecule has 1 saturated heterocycles. The van der Waals surface area contributed by atoms with Gasteiger partial charge in [-0.05, 0) is 25.5 Å². The Labute approximate surface area is 120 Å². The lowest BCUT2D eigenvalue weighted by Gasteiger charge is -2.21. The number of benzene rings is 1. The van der Waals surface area contributed by atoms with Crippen molar-refractivity contribution in [3.63, 3.8) is 0 Å². The lowest BCUT2D eigenvalue weighted by atomic mass is 10.0. The average molecular weight is 295 g/mol. The summed E-state index contributed by atoms with van der Waals surface area (Å²) in [6.45, 7) is 0.917. The number of hydrogen-bond acceptors (Lipinski definition) is 2. The number of imidazole rings is 1. The molecule has 1 atom stereocenters. The molecule has 2 aromatic rings. The summed E-state index contributed by atoms with van der Waals surface area (Å²) in [6.07, 6.45) is 0.294. The lowest BCUT2D eigenvalue weighted by molar-refractivity contribution is -0.137. The predicted octanol–water partition coefficient (Wildman–Crippen LogP) is 3.91. The van der Waals surface area contributed by atoms with Crippen molar-refractivity contribution < 1.29 is 13.2 Å². The Morgan fingerprint density at radius 2 is 1.95 bits per heavy atom. The van der Waals surface area contributed by atoms with Gasteiger partial charge in [-0.2, -0.15) is 13.2 Å². The van der Waals surface area contributed by atoms with Gasteiger partial charge in [-0.25, -0.2) is 4.98 Å². The van der Waals surface area contributed by atoms with Gasteiger partial charge in [0, 0.05) is 5.56 Å². The molecule has 6 heteroatoms. The van der Waals surface area contributed by atoms with Gasteiger partial charge < -0.3 is 10.3 Å². The second kappa shape index (κ2) is 5.52. The maximum atomic E-state index is 13.0. The number of nitrogens with one attached hydrogen (secondary N) is 2. The molecule has 0 saturated carbocycles. The first-order valence-electron chi connectivity index (χ1n) is 7.00. The Bertz CT molecular complexity index is 613. The minimum Gasteiger partial charge on any atom is -0.341 e. The van der Waals surface area contributed by atoms with Gasteiger partial charge in [0.2, 0.25) is 0 Å². The predicted molar refractivity (Wildman–Crippen MR) is 73.6 cm³/mol. The molecule has 0 radical (unpaired) electrons. The molecule has 0 amide bonds. The van der Waals surface area contributed by atoms with Gasteiger partial charge in [0.1, 0.15) is 5.82 Å². The van der Waals surface area contributed by atoms with E-state index in [-0.39, 0.29) is 11.6 Å². The van der Waals surface area contributed by atoms with Crippen LogP contribution in [-0.2, 0) is 6.18 Å². The standard InChI is InChI=1S/C15H16F3N3/c16-15(17,18)11-6-2-1-5-10(11)13-9-20-14(21-13)12-7-3-4-8-19-12/h1-2,5-6,9,12,19H,3-4,7-8H2,(H,20,21). The number of aromatic amines is 1. The van der Waals surface area contributed by atoms with Gasteiger partial charge in [-0.15, -0.1) is 0 Å². The number of hydrogen-bond donors (Lipinski definition) is 2. The van der Waals surface area contributed by atoms with Crippen LogP contribution in [0.1, 0.15) is 36.7 Å². The highest BCUT2D eigenvalue weighted by atomic mass is 19.4. The number of aromatic nitrogens is 2. The number of nitrogens with zero attached hydrogens (tertiary/aromatic N) is 1. The van der Waals surface area contributed by atoms with Crippen molar-refractivity contribution in [2.45, 2.75) is 31.5 Å². The first kappa shape index (κ1) is 14.1. The zero-order valence-corrected chi connectivity index (χ0v) is 11.4. The maximum absolute atomic E-state index is 13.0. The molecule has 1 aromatic heterocycles. The molecule has 1 aromatic carbocycles. The summed E-state index contributed by atoms with van der Waals surface area (Å²) in [7, 11) is 0. The van der Waals surface area contributed by atoms with Gasteiger partial charge in [-0.1, -0.05) is 24.6 Å². The van der Waals surface area contributed by atoms with E-state index in [0.29, 0.717) is 11.5 Å². The van der Waals surface area contributed by atoms with Gasteiger partial charge in [0.05, 0.1) is 23.5 Å². The van der Waals surface area contributed by atoms with E-state index in [4.69, 9.17) is 0 Å². The van der Waals surface area contributed by atoms with Crippen molar-refractivity contribution in [2.75, 3.05) is 6.54 Å². The monoisotopic (exact) mass is 295 g/mol. The SMILES string of the molecule is FC(F)(F)c1ccccc1-c1cnc(C2CCCCN2)[nH]1. The summed E-state index contributed by atoms with van der Waals surface area (Å²) in [4.78, 5) is 7.29. The molecule has 1 unspecified atom stereocenters. The summed E-state index contributed by atoms with van der Waals surface area (Å²) >= 11 is 0. The summed E-state index contributed by atoms with van der Waals surface area (Å²) in [5, 5.41) is 3.33. The van der Waals surface area contributed by atoms with Crippen molar-refractivity contribution in [3.8, 4) is 11.3 Å². The summed E-state index contributed by atoms with van der Waals surface area (Å²) in [6, 6.07) is 5.66. The summed E-state index contributed by atoms with van der Waals surface area (Å²) in [5.74, 6) is 0.710. The maximum Gasteiger partial charge on any atom is 0.417 e. The summed E-state index contributed by atoms with van der Waals surface area (Å²) in [5.41, 5.74) is -0.0957. The number of halogens is 3. The minimum atomic E-state index is -4.37.